The molecule has 0 radical (unpaired) electrons. The van der Waals surface area contributed by atoms with E-state index in [-0.39, 0.29) is 5.56 Å². The number of anilines is 1. The molecule has 3 nitrogen and oxygen atoms in total. The smallest absolute Gasteiger partial charge is 0.257 e. The third kappa shape index (κ3) is 3.12. The second-order valence-electron chi connectivity index (χ2n) is 6.16. The first-order valence-corrected chi connectivity index (χ1v) is 8.16. The summed E-state index contributed by atoms with van der Waals surface area (Å²) < 4.78 is 0. The highest BCUT2D eigenvalue weighted by atomic mass is 16.1. The number of pyridine rings is 1. The van der Waals surface area contributed by atoms with E-state index in [1.807, 2.05) is 24.3 Å². The van der Waals surface area contributed by atoms with E-state index < -0.39 is 0 Å². The van der Waals surface area contributed by atoms with E-state index >= 15 is 0 Å². The average molecular weight is 284 g/mol. The molecule has 1 aromatic carbocycles. The monoisotopic (exact) mass is 284 g/mol. The molecular formula is C18H24N2O. The van der Waals surface area contributed by atoms with Gasteiger partial charge in [-0.3, -0.25) is 4.79 Å². The third-order valence-electron chi connectivity index (χ3n) is 4.75. The van der Waals surface area contributed by atoms with Crippen LogP contribution in [0.5, 0.6) is 0 Å². The molecule has 0 saturated heterocycles. The van der Waals surface area contributed by atoms with Crippen molar-refractivity contribution in [3.63, 3.8) is 0 Å². The summed E-state index contributed by atoms with van der Waals surface area (Å²) in [5, 5.41) is 5.34. The number of fused-ring (bicyclic) bond motifs is 1. The van der Waals surface area contributed by atoms with Gasteiger partial charge in [0.25, 0.3) is 5.56 Å². The molecule has 2 aromatic rings. The molecule has 0 bridgehead atoms. The van der Waals surface area contributed by atoms with Crippen LogP contribution in [0.2, 0.25) is 0 Å². The van der Waals surface area contributed by atoms with Crippen LogP contribution in [0.3, 0.4) is 0 Å². The molecule has 1 aliphatic carbocycles. The summed E-state index contributed by atoms with van der Waals surface area (Å²) in [6, 6.07) is 10.3. The van der Waals surface area contributed by atoms with Crippen molar-refractivity contribution in [2.75, 3.05) is 5.32 Å². The summed E-state index contributed by atoms with van der Waals surface area (Å²) in [7, 11) is 0. The van der Waals surface area contributed by atoms with Crippen LogP contribution in [0.4, 0.5) is 5.82 Å². The minimum Gasteiger partial charge on any atom is -0.369 e. The van der Waals surface area contributed by atoms with Crippen LogP contribution in [-0.2, 0) is 0 Å². The van der Waals surface area contributed by atoms with Crippen LogP contribution < -0.4 is 10.9 Å². The number of benzene rings is 1. The van der Waals surface area contributed by atoms with Crippen LogP contribution in [0.1, 0.15) is 45.4 Å². The van der Waals surface area contributed by atoms with Gasteiger partial charge in [0.15, 0.2) is 0 Å². The molecule has 1 saturated carbocycles. The van der Waals surface area contributed by atoms with Crippen LogP contribution in [0.15, 0.2) is 35.1 Å². The van der Waals surface area contributed by atoms with Gasteiger partial charge in [-0.25, -0.2) is 0 Å². The molecule has 1 heterocycles. The van der Waals surface area contributed by atoms with E-state index in [4.69, 9.17) is 0 Å². The zero-order valence-electron chi connectivity index (χ0n) is 12.7. The van der Waals surface area contributed by atoms with Gasteiger partial charge in [0, 0.05) is 11.4 Å². The first-order valence-electron chi connectivity index (χ1n) is 8.16. The SMILES string of the molecule is CCC(Nc1cc2ccccc2c(=O)[nH]1)C1CCCCC1. The van der Waals surface area contributed by atoms with Gasteiger partial charge in [0.05, 0.1) is 0 Å². The fourth-order valence-electron chi connectivity index (χ4n) is 3.58. The summed E-state index contributed by atoms with van der Waals surface area (Å²) >= 11 is 0. The molecule has 112 valence electrons. The van der Waals surface area contributed by atoms with E-state index in [1.54, 1.807) is 0 Å². The Kier molecular flexibility index (Phi) is 4.28. The summed E-state index contributed by atoms with van der Waals surface area (Å²) in [4.78, 5) is 15.1. The van der Waals surface area contributed by atoms with Gasteiger partial charge < -0.3 is 10.3 Å². The molecule has 0 aliphatic heterocycles. The Morgan fingerprint density at radius 2 is 2.00 bits per heavy atom. The average Bonchev–Trinajstić information content (AvgIpc) is 2.53. The summed E-state index contributed by atoms with van der Waals surface area (Å²) in [5.74, 6) is 1.59. The van der Waals surface area contributed by atoms with Gasteiger partial charge in [-0.05, 0) is 42.7 Å². The van der Waals surface area contributed by atoms with E-state index in [0.717, 1.165) is 28.9 Å². The lowest BCUT2D eigenvalue weighted by atomic mass is 9.83. The number of rotatable bonds is 4. The quantitative estimate of drug-likeness (QED) is 0.879. The Bertz CT molecular complexity index is 656. The fraction of sp³-hybridized carbons (Fsp3) is 0.500. The Morgan fingerprint density at radius 3 is 2.76 bits per heavy atom. The van der Waals surface area contributed by atoms with E-state index in [0.29, 0.717) is 6.04 Å². The first kappa shape index (κ1) is 14.2. The molecule has 21 heavy (non-hydrogen) atoms. The van der Waals surface area contributed by atoms with Crippen molar-refractivity contribution >= 4 is 16.6 Å². The fourth-order valence-corrected chi connectivity index (χ4v) is 3.58. The van der Waals surface area contributed by atoms with Crippen molar-refractivity contribution in [2.24, 2.45) is 5.92 Å². The van der Waals surface area contributed by atoms with E-state index in [1.165, 1.54) is 32.1 Å². The number of nitrogens with one attached hydrogen (secondary N) is 2. The lowest BCUT2D eigenvalue weighted by Crippen LogP contribution is -2.31. The highest BCUT2D eigenvalue weighted by molar-refractivity contribution is 5.83. The number of aromatic amines is 1. The predicted molar refractivity (Wildman–Crippen MR) is 88.8 cm³/mol. The maximum Gasteiger partial charge on any atom is 0.257 e. The molecule has 3 rings (SSSR count). The molecule has 0 spiro atoms. The minimum atomic E-state index is -0.00547. The zero-order valence-corrected chi connectivity index (χ0v) is 12.7. The van der Waals surface area contributed by atoms with Crippen molar-refractivity contribution in [1.29, 1.82) is 0 Å². The maximum absolute atomic E-state index is 12.2. The van der Waals surface area contributed by atoms with Gasteiger partial charge in [-0.2, -0.15) is 0 Å². The van der Waals surface area contributed by atoms with Crippen molar-refractivity contribution < 1.29 is 0 Å². The van der Waals surface area contributed by atoms with Gasteiger partial charge in [-0.15, -0.1) is 0 Å². The predicted octanol–water partition coefficient (Wildman–Crippen LogP) is 4.30. The maximum atomic E-state index is 12.2. The Balaban J connectivity index is 1.84. The molecule has 0 amide bonds. The molecule has 1 aliphatic rings. The topological polar surface area (TPSA) is 44.9 Å². The summed E-state index contributed by atoms with van der Waals surface area (Å²) in [5.41, 5.74) is -0.00547. The van der Waals surface area contributed by atoms with E-state index in [2.05, 4.69) is 23.3 Å². The van der Waals surface area contributed by atoms with Gasteiger partial charge in [-0.1, -0.05) is 44.4 Å². The molecular weight excluding hydrogens is 260 g/mol. The van der Waals surface area contributed by atoms with Crippen LogP contribution >= 0.6 is 0 Å². The molecule has 1 fully saturated rings. The van der Waals surface area contributed by atoms with Crippen molar-refractivity contribution in [3.05, 3.63) is 40.7 Å². The Hall–Kier alpha value is -1.77. The van der Waals surface area contributed by atoms with Crippen molar-refractivity contribution in [3.8, 4) is 0 Å². The lowest BCUT2D eigenvalue weighted by Gasteiger charge is -2.30. The standard InChI is InChI=1S/C18H24N2O/c1-2-16(13-8-4-3-5-9-13)19-17-12-14-10-6-7-11-15(14)18(21)20-17/h6-7,10-13,16H,2-5,8-9H2,1H3,(H2,19,20,21). The molecule has 1 aromatic heterocycles. The number of hydrogen-bond donors (Lipinski definition) is 2. The number of aromatic nitrogens is 1. The molecule has 1 atom stereocenters. The van der Waals surface area contributed by atoms with Crippen LogP contribution in [-0.4, -0.2) is 11.0 Å². The normalized spacial score (nSPS) is 17.8. The second-order valence-corrected chi connectivity index (χ2v) is 6.16. The summed E-state index contributed by atoms with van der Waals surface area (Å²) in [6.45, 7) is 2.23. The Labute approximate surface area is 125 Å². The van der Waals surface area contributed by atoms with Crippen LogP contribution in [0.25, 0.3) is 10.8 Å². The minimum absolute atomic E-state index is 0.00547. The molecule has 2 N–H and O–H groups in total. The number of H-pyrrole nitrogens is 1. The third-order valence-corrected chi connectivity index (χ3v) is 4.75. The van der Waals surface area contributed by atoms with Crippen LogP contribution in [0, 0.1) is 5.92 Å². The second kappa shape index (κ2) is 6.33. The zero-order chi connectivity index (χ0) is 14.7. The lowest BCUT2D eigenvalue weighted by molar-refractivity contribution is 0.312. The molecule has 1 unspecified atom stereocenters. The Morgan fingerprint density at radius 1 is 1.24 bits per heavy atom. The van der Waals surface area contributed by atoms with Crippen molar-refractivity contribution in [2.45, 2.75) is 51.5 Å². The van der Waals surface area contributed by atoms with Gasteiger partial charge in [0.2, 0.25) is 0 Å². The number of hydrogen-bond acceptors (Lipinski definition) is 2. The highest BCUT2D eigenvalue weighted by Gasteiger charge is 2.22. The van der Waals surface area contributed by atoms with Gasteiger partial charge in [0.1, 0.15) is 5.82 Å². The highest BCUT2D eigenvalue weighted by Crippen LogP contribution is 2.29. The van der Waals surface area contributed by atoms with Gasteiger partial charge >= 0.3 is 0 Å². The summed E-state index contributed by atoms with van der Waals surface area (Å²) in [6.07, 6.45) is 7.78. The van der Waals surface area contributed by atoms with E-state index in [9.17, 15) is 4.79 Å². The van der Waals surface area contributed by atoms with Crippen molar-refractivity contribution in [1.82, 2.24) is 4.98 Å². The molecule has 3 heteroatoms. The first-order chi connectivity index (χ1) is 10.3. The largest absolute Gasteiger partial charge is 0.369 e.